The van der Waals surface area contributed by atoms with Gasteiger partial charge >= 0.3 is 0 Å². The van der Waals surface area contributed by atoms with E-state index >= 15 is 0 Å². The molecule has 2 aliphatic carbocycles. The average molecular weight is 224 g/mol. The van der Waals surface area contributed by atoms with Gasteiger partial charge in [-0.3, -0.25) is 4.90 Å². The number of hydrogen-bond donors (Lipinski definition) is 1. The molecule has 0 bridgehead atoms. The number of nitrogens with one attached hydrogen (secondary N) is 1. The fraction of sp³-hybridized carbons (Fsp3) is 1.00. The molecule has 2 aliphatic rings. The number of hydrogen-bond acceptors (Lipinski definition) is 2. The lowest BCUT2D eigenvalue weighted by molar-refractivity contribution is 0.100. The highest BCUT2D eigenvalue weighted by atomic mass is 15.2. The van der Waals surface area contributed by atoms with Gasteiger partial charge in [0.1, 0.15) is 0 Å². The van der Waals surface area contributed by atoms with Crippen LogP contribution in [0.4, 0.5) is 0 Å². The molecule has 0 aromatic rings. The van der Waals surface area contributed by atoms with E-state index in [4.69, 9.17) is 0 Å². The van der Waals surface area contributed by atoms with Gasteiger partial charge in [-0.1, -0.05) is 13.8 Å². The van der Waals surface area contributed by atoms with Crippen molar-refractivity contribution in [3.05, 3.63) is 0 Å². The largest absolute Gasteiger partial charge is 0.315 e. The zero-order valence-electron chi connectivity index (χ0n) is 11.4. The van der Waals surface area contributed by atoms with E-state index in [2.05, 4.69) is 38.2 Å². The molecular formula is C14H28N2. The summed E-state index contributed by atoms with van der Waals surface area (Å²) in [4.78, 5) is 2.66. The Morgan fingerprint density at radius 2 is 1.81 bits per heavy atom. The van der Waals surface area contributed by atoms with E-state index in [0.29, 0.717) is 0 Å². The molecule has 3 unspecified atom stereocenters. The van der Waals surface area contributed by atoms with E-state index in [9.17, 15) is 0 Å². The Bertz CT molecular complexity index is 221. The number of likely N-dealkylation sites (N-methyl/N-ethyl adjacent to an activating group) is 2. The summed E-state index contributed by atoms with van der Waals surface area (Å²) in [7, 11) is 4.48. The zero-order valence-corrected chi connectivity index (χ0v) is 11.4. The van der Waals surface area contributed by atoms with Gasteiger partial charge in [0, 0.05) is 18.1 Å². The monoisotopic (exact) mass is 224 g/mol. The molecule has 0 aromatic carbocycles. The molecule has 3 atom stereocenters. The smallest absolute Gasteiger partial charge is 0.0251 e. The fourth-order valence-electron chi connectivity index (χ4n) is 3.32. The average Bonchev–Trinajstić information content (AvgIpc) is 3.11. The maximum absolute atomic E-state index is 3.54. The van der Waals surface area contributed by atoms with Crippen molar-refractivity contribution >= 4 is 0 Å². The minimum Gasteiger partial charge on any atom is -0.315 e. The first-order valence-corrected chi connectivity index (χ1v) is 7.02. The molecule has 0 saturated heterocycles. The van der Waals surface area contributed by atoms with Gasteiger partial charge in [0.05, 0.1) is 0 Å². The van der Waals surface area contributed by atoms with Gasteiger partial charge < -0.3 is 5.32 Å². The normalized spacial score (nSPS) is 36.0. The van der Waals surface area contributed by atoms with Gasteiger partial charge in [-0.25, -0.2) is 0 Å². The van der Waals surface area contributed by atoms with E-state index in [1.165, 1.54) is 32.1 Å². The first-order chi connectivity index (χ1) is 7.63. The van der Waals surface area contributed by atoms with Gasteiger partial charge in [-0.2, -0.15) is 0 Å². The molecule has 16 heavy (non-hydrogen) atoms. The molecule has 0 heterocycles. The summed E-state index contributed by atoms with van der Waals surface area (Å²) in [5.74, 6) is 1.80. The predicted octanol–water partition coefficient (Wildman–Crippen LogP) is 2.49. The Kier molecular flexibility index (Phi) is 3.91. The van der Waals surface area contributed by atoms with Gasteiger partial charge in [-0.15, -0.1) is 0 Å². The second-order valence-corrected chi connectivity index (χ2v) is 6.18. The van der Waals surface area contributed by atoms with Crippen LogP contribution in [0.1, 0.15) is 46.0 Å². The Labute approximate surface area is 101 Å². The molecule has 0 amide bonds. The molecule has 94 valence electrons. The fourth-order valence-corrected chi connectivity index (χ4v) is 3.32. The van der Waals surface area contributed by atoms with Crippen LogP contribution >= 0.6 is 0 Å². The van der Waals surface area contributed by atoms with Crippen LogP contribution in [0.3, 0.4) is 0 Å². The summed E-state index contributed by atoms with van der Waals surface area (Å²) in [6.07, 6.45) is 7.03. The van der Waals surface area contributed by atoms with E-state index in [1.807, 2.05) is 0 Å². The molecule has 2 fully saturated rings. The lowest BCUT2D eigenvalue weighted by atomic mass is 9.76. The third kappa shape index (κ3) is 2.60. The lowest BCUT2D eigenvalue weighted by Gasteiger charge is -2.42. The highest BCUT2D eigenvalue weighted by molar-refractivity contribution is 4.95. The predicted molar refractivity (Wildman–Crippen MR) is 69.6 cm³/mol. The van der Waals surface area contributed by atoms with Crippen molar-refractivity contribution in [3.8, 4) is 0 Å². The maximum Gasteiger partial charge on any atom is 0.0251 e. The zero-order chi connectivity index (χ0) is 11.7. The van der Waals surface area contributed by atoms with Crippen LogP contribution < -0.4 is 5.32 Å². The van der Waals surface area contributed by atoms with E-state index in [0.717, 1.165) is 30.0 Å². The van der Waals surface area contributed by atoms with Crippen molar-refractivity contribution in [3.63, 3.8) is 0 Å². The standard InChI is InChI=1S/C14H28N2/c1-10(2)11-5-8-13(15-3)14(9-11)16(4)12-6-7-12/h10-15H,5-9H2,1-4H3. The summed E-state index contributed by atoms with van der Waals surface area (Å²) in [6, 6.07) is 2.39. The van der Waals surface area contributed by atoms with Crippen LogP contribution in [0.15, 0.2) is 0 Å². The molecule has 0 radical (unpaired) electrons. The van der Waals surface area contributed by atoms with Gasteiger partial charge in [0.2, 0.25) is 0 Å². The van der Waals surface area contributed by atoms with Crippen LogP contribution in [0.5, 0.6) is 0 Å². The Balaban J connectivity index is 1.98. The Hall–Kier alpha value is -0.0800. The number of nitrogens with zero attached hydrogens (tertiary/aromatic N) is 1. The van der Waals surface area contributed by atoms with Crippen molar-refractivity contribution in [2.75, 3.05) is 14.1 Å². The molecule has 0 aliphatic heterocycles. The van der Waals surface area contributed by atoms with Crippen molar-refractivity contribution in [2.24, 2.45) is 11.8 Å². The van der Waals surface area contributed by atoms with E-state index in [-0.39, 0.29) is 0 Å². The summed E-state index contributed by atoms with van der Waals surface area (Å²) in [5.41, 5.74) is 0. The van der Waals surface area contributed by atoms with Crippen LogP contribution in [0.25, 0.3) is 0 Å². The minimum absolute atomic E-state index is 0.723. The summed E-state index contributed by atoms with van der Waals surface area (Å²) >= 11 is 0. The van der Waals surface area contributed by atoms with Crippen LogP contribution in [-0.2, 0) is 0 Å². The molecule has 0 aromatic heterocycles. The van der Waals surface area contributed by atoms with Gasteiger partial charge in [0.25, 0.3) is 0 Å². The third-order valence-electron chi connectivity index (χ3n) is 4.82. The van der Waals surface area contributed by atoms with Crippen molar-refractivity contribution in [2.45, 2.75) is 64.1 Å². The lowest BCUT2D eigenvalue weighted by Crippen LogP contribution is -2.52. The highest BCUT2D eigenvalue weighted by Gasteiger charge is 2.38. The molecule has 1 N–H and O–H groups in total. The van der Waals surface area contributed by atoms with Crippen LogP contribution in [0.2, 0.25) is 0 Å². The Morgan fingerprint density at radius 1 is 1.12 bits per heavy atom. The third-order valence-corrected chi connectivity index (χ3v) is 4.82. The maximum atomic E-state index is 3.54. The highest BCUT2D eigenvalue weighted by Crippen LogP contribution is 2.36. The van der Waals surface area contributed by atoms with Gasteiger partial charge in [-0.05, 0) is 58.0 Å². The second-order valence-electron chi connectivity index (χ2n) is 6.18. The molecule has 2 rings (SSSR count). The molecule has 2 saturated carbocycles. The molecular weight excluding hydrogens is 196 g/mol. The number of rotatable bonds is 4. The first-order valence-electron chi connectivity index (χ1n) is 7.02. The molecule has 0 spiro atoms. The minimum atomic E-state index is 0.723. The Morgan fingerprint density at radius 3 is 2.31 bits per heavy atom. The summed E-state index contributed by atoms with van der Waals surface area (Å²) in [5, 5.41) is 3.54. The SMILES string of the molecule is CNC1CCC(C(C)C)CC1N(C)C1CC1. The molecule has 2 heteroatoms. The first kappa shape index (κ1) is 12.4. The van der Waals surface area contributed by atoms with E-state index < -0.39 is 0 Å². The van der Waals surface area contributed by atoms with E-state index in [1.54, 1.807) is 0 Å². The van der Waals surface area contributed by atoms with Crippen molar-refractivity contribution in [1.29, 1.82) is 0 Å². The van der Waals surface area contributed by atoms with Crippen LogP contribution in [0, 0.1) is 11.8 Å². The molecule has 2 nitrogen and oxygen atoms in total. The summed E-state index contributed by atoms with van der Waals surface area (Å²) in [6.45, 7) is 4.77. The summed E-state index contributed by atoms with van der Waals surface area (Å²) < 4.78 is 0. The van der Waals surface area contributed by atoms with Crippen LogP contribution in [-0.4, -0.2) is 37.1 Å². The second kappa shape index (κ2) is 5.05. The van der Waals surface area contributed by atoms with Gasteiger partial charge in [0.15, 0.2) is 0 Å². The van der Waals surface area contributed by atoms with Crippen molar-refractivity contribution < 1.29 is 0 Å². The topological polar surface area (TPSA) is 15.3 Å². The quantitative estimate of drug-likeness (QED) is 0.789. The van der Waals surface area contributed by atoms with Crippen molar-refractivity contribution in [1.82, 2.24) is 10.2 Å².